The molecule has 0 spiro atoms. The molecular weight excluding hydrogens is 252 g/mol. The highest BCUT2D eigenvalue weighted by atomic mass is 16.5. The Morgan fingerprint density at radius 3 is 2.55 bits per heavy atom. The third-order valence-electron chi connectivity index (χ3n) is 3.94. The van der Waals surface area contributed by atoms with Gasteiger partial charge in [0.25, 0.3) is 0 Å². The van der Waals surface area contributed by atoms with E-state index in [-0.39, 0.29) is 35.6 Å². The van der Waals surface area contributed by atoms with Crippen LogP contribution in [0.4, 0.5) is 0 Å². The fourth-order valence-corrected chi connectivity index (χ4v) is 2.58. The molecule has 1 saturated carbocycles. The van der Waals surface area contributed by atoms with Crippen LogP contribution in [0.1, 0.15) is 59.8 Å². The van der Waals surface area contributed by atoms with Crippen molar-refractivity contribution in [3.8, 4) is 12.3 Å². The van der Waals surface area contributed by atoms with Gasteiger partial charge in [-0.2, -0.15) is 0 Å². The van der Waals surface area contributed by atoms with Crippen molar-refractivity contribution in [1.29, 1.82) is 0 Å². The number of Topliss-reactive ketones (excluding diaryl/α,β-unsaturated/α-hetero) is 1. The maximum Gasteiger partial charge on any atom is 0.306 e. The SMILES string of the molecule is C#CCCC[C@@H]1C[C@H]1OC(=O)C[C@H](C(C)=O)C(C)(C)C. The zero-order valence-electron chi connectivity index (χ0n) is 13.1. The first kappa shape index (κ1) is 16.8. The van der Waals surface area contributed by atoms with Gasteiger partial charge in [0.1, 0.15) is 11.9 Å². The molecule has 1 rings (SSSR count). The Morgan fingerprint density at radius 2 is 2.05 bits per heavy atom. The Hall–Kier alpha value is -1.30. The van der Waals surface area contributed by atoms with Gasteiger partial charge in [0, 0.05) is 12.3 Å². The van der Waals surface area contributed by atoms with Crippen LogP contribution in [0.2, 0.25) is 0 Å². The van der Waals surface area contributed by atoms with Crippen LogP contribution in [0.15, 0.2) is 0 Å². The third kappa shape index (κ3) is 5.36. The maximum absolute atomic E-state index is 11.9. The van der Waals surface area contributed by atoms with Gasteiger partial charge < -0.3 is 4.74 Å². The molecule has 112 valence electrons. The van der Waals surface area contributed by atoms with E-state index in [2.05, 4.69) is 5.92 Å². The molecule has 1 aliphatic carbocycles. The minimum atomic E-state index is -0.270. The molecule has 0 aliphatic heterocycles. The van der Waals surface area contributed by atoms with Crippen molar-refractivity contribution in [2.75, 3.05) is 0 Å². The van der Waals surface area contributed by atoms with Gasteiger partial charge in [0.15, 0.2) is 0 Å². The van der Waals surface area contributed by atoms with Crippen LogP contribution in [0, 0.1) is 29.6 Å². The molecule has 0 radical (unpaired) electrons. The minimum absolute atomic E-state index is 0.0489. The number of ether oxygens (including phenoxy) is 1. The Kier molecular flexibility index (Phi) is 5.80. The smallest absolute Gasteiger partial charge is 0.306 e. The average molecular weight is 278 g/mol. The summed E-state index contributed by atoms with van der Waals surface area (Å²) in [5.74, 6) is 2.62. The third-order valence-corrected chi connectivity index (χ3v) is 3.94. The highest BCUT2D eigenvalue weighted by Gasteiger charge is 2.41. The minimum Gasteiger partial charge on any atom is -0.462 e. The van der Waals surface area contributed by atoms with Crippen molar-refractivity contribution in [3.05, 3.63) is 0 Å². The molecule has 0 unspecified atom stereocenters. The predicted octanol–water partition coefficient (Wildman–Crippen LogP) is 3.36. The Bertz CT molecular complexity index is 397. The van der Waals surface area contributed by atoms with Crippen LogP contribution in [-0.2, 0) is 14.3 Å². The summed E-state index contributed by atoms with van der Waals surface area (Å²) in [6.07, 6.45) is 9.19. The second kappa shape index (κ2) is 6.92. The average Bonchev–Trinajstić information content (AvgIpc) is 3.03. The van der Waals surface area contributed by atoms with E-state index in [1.165, 1.54) is 0 Å². The molecule has 0 bridgehead atoms. The van der Waals surface area contributed by atoms with Crippen LogP contribution in [-0.4, -0.2) is 17.9 Å². The molecule has 3 nitrogen and oxygen atoms in total. The van der Waals surface area contributed by atoms with E-state index in [1.54, 1.807) is 6.92 Å². The number of hydrogen-bond acceptors (Lipinski definition) is 3. The second-order valence-corrected chi connectivity index (χ2v) is 6.85. The molecule has 1 fully saturated rings. The molecule has 3 heteroatoms. The van der Waals surface area contributed by atoms with Crippen LogP contribution < -0.4 is 0 Å². The zero-order chi connectivity index (χ0) is 15.3. The first-order valence-electron chi connectivity index (χ1n) is 7.39. The van der Waals surface area contributed by atoms with Crippen molar-refractivity contribution < 1.29 is 14.3 Å². The second-order valence-electron chi connectivity index (χ2n) is 6.85. The summed E-state index contributed by atoms with van der Waals surface area (Å²) in [5.41, 5.74) is -0.208. The molecule has 0 amide bonds. The summed E-state index contributed by atoms with van der Waals surface area (Å²) in [7, 11) is 0. The fraction of sp³-hybridized carbons (Fsp3) is 0.765. The van der Waals surface area contributed by atoms with Crippen molar-refractivity contribution >= 4 is 11.8 Å². The van der Waals surface area contributed by atoms with Crippen molar-refractivity contribution in [2.24, 2.45) is 17.3 Å². The monoisotopic (exact) mass is 278 g/mol. The van der Waals surface area contributed by atoms with Crippen molar-refractivity contribution in [1.82, 2.24) is 0 Å². The molecule has 0 aromatic carbocycles. The lowest BCUT2D eigenvalue weighted by Crippen LogP contribution is -2.30. The number of carbonyl (C=O) groups is 2. The van der Waals surface area contributed by atoms with Gasteiger partial charge in [-0.25, -0.2) is 0 Å². The molecule has 0 heterocycles. The lowest BCUT2D eigenvalue weighted by atomic mass is 9.76. The molecule has 0 aromatic heterocycles. The summed E-state index contributed by atoms with van der Waals surface area (Å²) < 4.78 is 5.44. The molecule has 0 saturated heterocycles. The first-order chi connectivity index (χ1) is 9.25. The van der Waals surface area contributed by atoms with Gasteiger partial charge in [0.05, 0.1) is 6.42 Å². The maximum atomic E-state index is 11.9. The molecule has 20 heavy (non-hydrogen) atoms. The van der Waals surface area contributed by atoms with E-state index in [9.17, 15) is 9.59 Å². The highest BCUT2D eigenvalue weighted by molar-refractivity contribution is 5.84. The summed E-state index contributed by atoms with van der Waals surface area (Å²) in [5, 5.41) is 0. The molecular formula is C17H26O3. The predicted molar refractivity (Wildman–Crippen MR) is 78.9 cm³/mol. The normalized spacial score (nSPS) is 22.8. The quantitative estimate of drug-likeness (QED) is 0.407. The van der Waals surface area contributed by atoms with Gasteiger partial charge in [-0.15, -0.1) is 12.3 Å². The largest absolute Gasteiger partial charge is 0.462 e. The topological polar surface area (TPSA) is 43.4 Å². The van der Waals surface area contributed by atoms with Crippen molar-refractivity contribution in [2.45, 2.75) is 65.9 Å². The first-order valence-corrected chi connectivity index (χ1v) is 7.39. The molecule has 1 aliphatic rings. The highest BCUT2D eigenvalue weighted by Crippen LogP contribution is 2.39. The van der Waals surface area contributed by atoms with Gasteiger partial charge in [-0.3, -0.25) is 9.59 Å². The van der Waals surface area contributed by atoms with E-state index in [0.29, 0.717) is 5.92 Å². The van der Waals surface area contributed by atoms with Gasteiger partial charge in [0.2, 0.25) is 0 Å². The van der Waals surface area contributed by atoms with E-state index in [0.717, 1.165) is 25.7 Å². The van der Waals surface area contributed by atoms with Crippen molar-refractivity contribution in [3.63, 3.8) is 0 Å². The van der Waals surface area contributed by atoms with Crippen LogP contribution in [0.3, 0.4) is 0 Å². The Labute approximate surface area is 122 Å². The summed E-state index contributed by atoms with van der Waals surface area (Å²) in [6.45, 7) is 7.48. The van der Waals surface area contributed by atoms with E-state index in [4.69, 9.17) is 11.2 Å². The summed E-state index contributed by atoms with van der Waals surface area (Å²) >= 11 is 0. The van der Waals surface area contributed by atoms with E-state index >= 15 is 0 Å². The van der Waals surface area contributed by atoms with Gasteiger partial charge in [-0.05, 0) is 37.5 Å². The standard InChI is InChI=1S/C17H26O3/c1-6-7-8-9-13-10-15(13)20-16(19)11-14(12(2)18)17(3,4)5/h1,13-15H,7-11H2,2-5H3/t13-,14-,15-/m1/s1. The molecule has 0 N–H and O–H groups in total. The number of esters is 1. The summed E-state index contributed by atoms with van der Waals surface area (Å²) in [6, 6.07) is 0. The number of unbranched alkanes of at least 4 members (excludes halogenated alkanes) is 1. The summed E-state index contributed by atoms with van der Waals surface area (Å²) in [4.78, 5) is 23.6. The van der Waals surface area contributed by atoms with Gasteiger partial charge in [-0.1, -0.05) is 20.8 Å². The van der Waals surface area contributed by atoms with Crippen LogP contribution in [0.25, 0.3) is 0 Å². The van der Waals surface area contributed by atoms with Gasteiger partial charge >= 0.3 is 5.97 Å². The van der Waals surface area contributed by atoms with Crippen LogP contribution >= 0.6 is 0 Å². The fourth-order valence-electron chi connectivity index (χ4n) is 2.58. The van der Waals surface area contributed by atoms with E-state index < -0.39 is 0 Å². The van der Waals surface area contributed by atoms with Crippen LogP contribution in [0.5, 0.6) is 0 Å². The number of rotatable bonds is 7. The van der Waals surface area contributed by atoms with E-state index in [1.807, 2.05) is 20.8 Å². The molecule has 0 aromatic rings. The lowest BCUT2D eigenvalue weighted by molar-refractivity contribution is -0.149. The Balaban J connectivity index is 2.34. The number of ketones is 1. The lowest BCUT2D eigenvalue weighted by Gasteiger charge is -2.27. The zero-order valence-corrected chi connectivity index (χ0v) is 13.1. The molecule has 3 atom stereocenters. The Morgan fingerprint density at radius 1 is 1.40 bits per heavy atom. The number of carbonyl (C=O) groups excluding carboxylic acids is 2. The number of hydrogen-bond donors (Lipinski definition) is 0. The number of terminal acetylenes is 1.